The standard InChI is InChI=1S/C20H12S2/c1-9-7-15-11-3-6-14-18-12(16-8-10(2)22-20(14)16)4-5-13(17(11)18)19(15)21-9/h3-8H,1-2H3. The van der Waals surface area contributed by atoms with Crippen molar-refractivity contribution in [2.75, 3.05) is 0 Å². The summed E-state index contributed by atoms with van der Waals surface area (Å²) in [5, 5.41) is 2.97. The first kappa shape index (κ1) is 11.6. The summed E-state index contributed by atoms with van der Waals surface area (Å²) < 4.78 is 0. The molecule has 2 aliphatic carbocycles. The molecule has 0 N–H and O–H groups in total. The minimum atomic E-state index is 1.40. The van der Waals surface area contributed by atoms with Crippen LogP contribution >= 0.6 is 22.7 Å². The van der Waals surface area contributed by atoms with Crippen LogP contribution in [-0.2, 0) is 0 Å². The summed E-state index contributed by atoms with van der Waals surface area (Å²) in [6.45, 7) is 4.42. The van der Waals surface area contributed by atoms with Gasteiger partial charge in [-0.2, -0.15) is 0 Å². The van der Waals surface area contributed by atoms with Crippen molar-refractivity contribution < 1.29 is 0 Å². The van der Waals surface area contributed by atoms with Crippen molar-refractivity contribution in [2.24, 2.45) is 0 Å². The van der Waals surface area contributed by atoms with E-state index in [-0.39, 0.29) is 0 Å². The molecule has 0 fully saturated rings. The number of rotatable bonds is 0. The fourth-order valence-corrected chi connectivity index (χ4v) is 6.27. The van der Waals surface area contributed by atoms with Gasteiger partial charge in [0.05, 0.1) is 0 Å². The summed E-state index contributed by atoms with van der Waals surface area (Å²) in [6, 6.07) is 14.1. The fourth-order valence-electron chi connectivity index (χ4n) is 4.15. The van der Waals surface area contributed by atoms with Gasteiger partial charge in [0.25, 0.3) is 0 Å². The number of hydrogen-bond acceptors (Lipinski definition) is 2. The second-order valence-electron chi connectivity index (χ2n) is 6.27. The molecule has 0 bridgehead atoms. The Labute approximate surface area is 136 Å². The Balaban J connectivity index is 1.84. The summed E-state index contributed by atoms with van der Waals surface area (Å²) in [7, 11) is 0. The van der Waals surface area contributed by atoms with Gasteiger partial charge in [-0.3, -0.25) is 0 Å². The lowest BCUT2D eigenvalue weighted by Gasteiger charge is -2.06. The average molecular weight is 316 g/mol. The molecule has 22 heavy (non-hydrogen) atoms. The Bertz CT molecular complexity index is 966. The smallest absolute Gasteiger partial charge is 0.0430 e. The van der Waals surface area contributed by atoms with Crippen LogP contribution in [0.4, 0.5) is 0 Å². The molecular weight excluding hydrogens is 304 g/mol. The van der Waals surface area contributed by atoms with E-state index in [2.05, 4.69) is 50.2 Å². The topological polar surface area (TPSA) is 0 Å². The summed E-state index contributed by atoms with van der Waals surface area (Å²) in [6.07, 6.45) is 0. The largest absolute Gasteiger partial charge is 0.140 e. The first-order valence-electron chi connectivity index (χ1n) is 7.54. The molecule has 0 amide bonds. The number of thiophene rings is 2. The third-order valence-corrected chi connectivity index (χ3v) is 7.11. The zero-order valence-electron chi connectivity index (χ0n) is 12.3. The van der Waals surface area contributed by atoms with E-state index in [0.29, 0.717) is 0 Å². The van der Waals surface area contributed by atoms with Crippen LogP contribution in [0, 0.1) is 13.8 Å². The van der Waals surface area contributed by atoms with Gasteiger partial charge in [0.1, 0.15) is 0 Å². The average Bonchev–Trinajstić information content (AvgIpc) is 3.19. The molecule has 0 unspecified atom stereocenters. The van der Waals surface area contributed by atoms with Gasteiger partial charge < -0.3 is 0 Å². The van der Waals surface area contributed by atoms with Crippen LogP contribution in [-0.4, -0.2) is 0 Å². The van der Waals surface area contributed by atoms with Crippen molar-refractivity contribution in [3.63, 3.8) is 0 Å². The predicted molar refractivity (Wildman–Crippen MR) is 98.0 cm³/mol. The third kappa shape index (κ3) is 1.14. The molecular formula is C20H12S2. The molecule has 0 saturated carbocycles. The highest BCUT2D eigenvalue weighted by atomic mass is 32.1. The highest BCUT2D eigenvalue weighted by Crippen LogP contribution is 2.58. The van der Waals surface area contributed by atoms with Crippen molar-refractivity contribution in [1.29, 1.82) is 0 Å². The molecule has 0 saturated heterocycles. The SMILES string of the molecule is Cc1cc2c(s1)-c1ccc3c4c(ccc-2c14)-c1sc(C)cc1-3. The van der Waals surface area contributed by atoms with Crippen molar-refractivity contribution in [3.05, 3.63) is 46.2 Å². The molecule has 2 aliphatic rings. The van der Waals surface area contributed by atoms with E-state index in [1.54, 1.807) is 0 Å². The molecule has 0 radical (unpaired) electrons. The van der Waals surface area contributed by atoms with Gasteiger partial charge in [0, 0.05) is 41.8 Å². The van der Waals surface area contributed by atoms with Crippen molar-refractivity contribution in [2.45, 2.75) is 13.8 Å². The maximum absolute atomic E-state index is 2.35. The molecule has 2 heterocycles. The van der Waals surface area contributed by atoms with E-state index < -0.39 is 0 Å². The third-order valence-electron chi connectivity index (χ3n) is 4.94. The highest BCUT2D eigenvalue weighted by molar-refractivity contribution is 7.17. The number of aryl methyl sites for hydroxylation is 2. The fraction of sp³-hybridized carbons (Fsp3) is 0.100. The Morgan fingerprint density at radius 2 is 0.955 bits per heavy atom. The van der Waals surface area contributed by atoms with Gasteiger partial charge in [0.2, 0.25) is 0 Å². The lowest BCUT2D eigenvalue weighted by atomic mass is 9.98. The molecule has 2 aromatic carbocycles. The van der Waals surface area contributed by atoms with E-state index in [0.717, 1.165) is 0 Å². The van der Waals surface area contributed by atoms with Crippen LogP contribution in [0.25, 0.3) is 53.9 Å². The molecule has 104 valence electrons. The molecule has 2 heteroatoms. The van der Waals surface area contributed by atoms with Gasteiger partial charge in [-0.15, -0.1) is 22.7 Å². The lowest BCUT2D eigenvalue weighted by Crippen LogP contribution is -1.79. The van der Waals surface area contributed by atoms with Gasteiger partial charge in [-0.1, -0.05) is 24.3 Å². The van der Waals surface area contributed by atoms with Gasteiger partial charge >= 0.3 is 0 Å². The van der Waals surface area contributed by atoms with Crippen LogP contribution in [0.3, 0.4) is 0 Å². The van der Waals surface area contributed by atoms with Crippen LogP contribution in [0.1, 0.15) is 9.75 Å². The van der Waals surface area contributed by atoms with E-state index in [1.807, 2.05) is 22.7 Å². The van der Waals surface area contributed by atoms with Crippen LogP contribution in [0.2, 0.25) is 0 Å². The number of benzene rings is 2. The zero-order valence-corrected chi connectivity index (χ0v) is 13.9. The predicted octanol–water partition coefficient (Wildman–Crippen LogP) is 6.87. The summed E-state index contributed by atoms with van der Waals surface area (Å²) in [5.74, 6) is 0. The van der Waals surface area contributed by atoms with E-state index in [9.17, 15) is 0 Å². The van der Waals surface area contributed by atoms with Crippen LogP contribution in [0.15, 0.2) is 36.4 Å². The molecule has 4 aromatic rings. The highest BCUT2D eigenvalue weighted by Gasteiger charge is 2.30. The minimum absolute atomic E-state index is 1.40. The molecule has 2 aromatic heterocycles. The van der Waals surface area contributed by atoms with Crippen molar-refractivity contribution in [3.8, 4) is 43.1 Å². The summed E-state index contributed by atoms with van der Waals surface area (Å²) >= 11 is 3.86. The van der Waals surface area contributed by atoms with Crippen molar-refractivity contribution >= 4 is 33.4 Å². The quantitative estimate of drug-likeness (QED) is 0.287. The summed E-state index contributed by atoms with van der Waals surface area (Å²) in [5.41, 5.74) is 8.62. The minimum Gasteiger partial charge on any atom is -0.140 e. The second kappa shape index (κ2) is 3.53. The maximum atomic E-state index is 2.35. The first-order chi connectivity index (χ1) is 10.7. The second-order valence-corrected chi connectivity index (χ2v) is 8.78. The molecule has 0 nitrogen and oxygen atoms in total. The monoisotopic (exact) mass is 316 g/mol. The molecule has 6 rings (SSSR count). The first-order valence-corrected chi connectivity index (χ1v) is 9.18. The number of hydrogen-bond donors (Lipinski definition) is 0. The van der Waals surface area contributed by atoms with E-state index in [4.69, 9.17) is 0 Å². The molecule has 0 atom stereocenters. The Hall–Kier alpha value is -1.90. The number of fused-ring (bicyclic) bond motifs is 6. The van der Waals surface area contributed by atoms with E-state index >= 15 is 0 Å². The zero-order chi connectivity index (χ0) is 14.6. The lowest BCUT2D eigenvalue weighted by molar-refractivity contribution is 1.63. The van der Waals surface area contributed by atoms with Crippen LogP contribution in [0.5, 0.6) is 0 Å². The van der Waals surface area contributed by atoms with Gasteiger partial charge in [-0.05, 0) is 47.9 Å². The maximum Gasteiger partial charge on any atom is 0.0430 e. The van der Waals surface area contributed by atoms with Gasteiger partial charge in [-0.25, -0.2) is 0 Å². The van der Waals surface area contributed by atoms with Crippen LogP contribution < -0.4 is 0 Å². The normalized spacial score (nSPS) is 13.0. The Morgan fingerprint density at radius 1 is 0.545 bits per heavy atom. The molecule has 0 spiro atoms. The Kier molecular flexibility index (Phi) is 1.87. The Morgan fingerprint density at radius 3 is 1.41 bits per heavy atom. The van der Waals surface area contributed by atoms with Crippen molar-refractivity contribution in [1.82, 2.24) is 0 Å². The van der Waals surface area contributed by atoms with Gasteiger partial charge in [0.15, 0.2) is 0 Å². The molecule has 0 aliphatic heterocycles. The summed E-state index contributed by atoms with van der Waals surface area (Å²) in [4.78, 5) is 5.73. The van der Waals surface area contributed by atoms with E-state index in [1.165, 1.54) is 63.7 Å².